The molecule has 4 N–H and O–H groups in total. The third-order valence-electron chi connectivity index (χ3n) is 2.94. The van der Waals surface area contributed by atoms with E-state index in [2.05, 4.69) is 10.3 Å². The average Bonchev–Trinajstić information content (AvgIpc) is 2.90. The summed E-state index contributed by atoms with van der Waals surface area (Å²) in [6.07, 6.45) is 0. The van der Waals surface area contributed by atoms with Gasteiger partial charge in [0.25, 0.3) is 17.0 Å². The fourth-order valence-corrected chi connectivity index (χ4v) is 1.63. The first kappa shape index (κ1) is 13.7. The van der Waals surface area contributed by atoms with Crippen LogP contribution in [0.2, 0.25) is 0 Å². The zero-order chi connectivity index (χ0) is 14.9. The molecule has 0 aliphatic rings. The number of aromatic nitrogens is 3. The molecule has 0 bridgehead atoms. The molecule has 0 unspecified atom stereocenters. The maximum Gasteiger partial charge on any atom is 0.287 e. The lowest BCUT2D eigenvalue weighted by molar-refractivity contribution is 0.0944. The van der Waals surface area contributed by atoms with E-state index in [1.54, 1.807) is 13.8 Å². The SMILES string of the molecule is Cc1c(C)c(=O)n(Cc2cc(C(=O)NN)no2)[nH]c1=O. The summed E-state index contributed by atoms with van der Waals surface area (Å²) in [6, 6.07) is 1.34. The Morgan fingerprint density at radius 2 is 2.15 bits per heavy atom. The predicted molar refractivity (Wildman–Crippen MR) is 68.1 cm³/mol. The Bertz CT molecular complexity index is 770. The highest BCUT2D eigenvalue weighted by molar-refractivity contribution is 5.91. The predicted octanol–water partition coefficient (Wildman–Crippen LogP) is -1.21. The van der Waals surface area contributed by atoms with Gasteiger partial charge < -0.3 is 4.52 Å². The third kappa shape index (κ3) is 2.38. The highest BCUT2D eigenvalue weighted by Gasteiger charge is 2.13. The van der Waals surface area contributed by atoms with Crippen LogP contribution in [0.5, 0.6) is 0 Å². The highest BCUT2D eigenvalue weighted by Crippen LogP contribution is 2.04. The molecule has 20 heavy (non-hydrogen) atoms. The van der Waals surface area contributed by atoms with Gasteiger partial charge in [-0.05, 0) is 13.8 Å². The summed E-state index contributed by atoms with van der Waals surface area (Å²) in [5, 5.41) is 5.92. The van der Waals surface area contributed by atoms with E-state index < -0.39 is 5.91 Å². The normalized spacial score (nSPS) is 10.6. The van der Waals surface area contributed by atoms with Crippen LogP contribution in [-0.4, -0.2) is 20.8 Å². The van der Waals surface area contributed by atoms with Gasteiger partial charge in [-0.25, -0.2) is 10.5 Å². The summed E-state index contributed by atoms with van der Waals surface area (Å²) in [6.45, 7) is 3.09. The number of nitrogens with zero attached hydrogens (tertiary/aromatic N) is 2. The number of carbonyl (C=O) groups is 1. The minimum Gasteiger partial charge on any atom is -0.359 e. The van der Waals surface area contributed by atoms with Crippen molar-refractivity contribution >= 4 is 5.91 Å². The van der Waals surface area contributed by atoms with E-state index in [0.717, 1.165) is 4.68 Å². The molecule has 0 aliphatic carbocycles. The first-order valence-corrected chi connectivity index (χ1v) is 5.71. The third-order valence-corrected chi connectivity index (χ3v) is 2.94. The number of nitrogens with two attached hydrogens (primary N) is 1. The molecule has 2 aromatic rings. The number of nitrogens with one attached hydrogen (secondary N) is 2. The Morgan fingerprint density at radius 1 is 1.45 bits per heavy atom. The van der Waals surface area contributed by atoms with Crippen LogP contribution in [-0.2, 0) is 6.54 Å². The lowest BCUT2D eigenvalue weighted by Gasteiger charge is -2.05. The summed E-state index contributed by atoms with van der Waals surface area (Å²) < 4.78 is 6.00. The molecule has 106 valence electrons. The number of hydrogen-bond acceptors (Lipinski definition) is 6. The van der Waals surface area contributed by atoms with Crippen molar-refractivity contribution in [2.24, 2.45) is 5.84 Å². The molecule has 0 aromatic carbocycles. The number of H-pyrrole nitrogens is 1. The Balaban J connectivity index is 2.36. The van der Waals surface area contributed by atoms with E-state index in [0.29, 0.717) is 11.1 Å². The Morgan fingerprint density at radius 3 is 2.80 bits per heavy atom. The monoisotopic (exact) mass is 279 g/mol. The summed E-state index contributed by atoms with van der Waals surface area (Å²) in [4.78, 5) is 34.8. The van der Waals surface area contributed by atoms with E-state index in [1.807, 2.05) is 5.43 Å². The Kier molecular flexibility index (Phi) is 3.53. The fraction of sp³-hybridized carbons (Fsp3) is 0.273. The number of aromatic amines is 1. The zero-order valence-corrected chi connectivity index (χ0v) is 10.9. The molecular formula is C11H13N5O4. The molecular weight excluding hydrogens is 266 g/mol. The van der Waals surface area contributed by atoms with Crippen LogP contribution >= 0.6 is 0 Å². The maximum atomic E-state index is 12.0. The summed E-state index contributed by atoms with van der Waals surface area (Å²) in [5.74, 6) is 4.59. The van der Waals surface area contributed by atoms with Crippen molar-refractivity contribution in [2.45, 2.75) is 20.4 Å². The van der Waals surface area contributed by atoms with E-state index in [1.165, 1.54) is 6.07 Å². The van der Waals surface area contributed by atoms with Gasteiger partial charge in [0.15, 0.2) is 11.5 Å². The smallest absolute Gasteiger partial charge is 0.287 e. The lowest BCUT2D eigenvalue weighted by atomic mass is 10.2. The van der Waals surface area contributed by atoms with Crippen molar-refractivity contribution in [1.29, 1.82) is 0 Å². The number of amides is 1. The van der Waals surface area contributed by atoms with Gasteiger partial charge in [0.05, 0.1) is 0 Å². The van der Waals surface area contributed by atoms with Crippen molar-refractivity contribution in [3.8, 4) is 0 Å². The van der Waals surface area contributed by atoms with Gasteiger partial charge in [0.1, 0.15) is 6.54 Å². The molecule has 2 aromatic heterocycles. The summed E-state index contributed by atoms with van der Waals surface area (Å²) >= 11 is 0. The molecule has 2 heterocycles. The van der Waals surface area contributed by atoms with Crippen LogP contribution in [0.4, 0.5) is 0 Å². The highest BCUT2D eigenvalue weighted by atomic mass is 16.5. The van der Waals surface area contributed by atoms with Crippen LogP contribution in [0.3, 0.4) is 0 Å². The first-order valence-electron chi connectivity index (χ1n) is 5.71. The van der Waals surface area contributed by atoms with Gasteiger partial charge >= 0.3 is 0 Å². The van der Waals surface area contributed by atoms with Crippen LogP contribution in [0, 0.1) is 13.8 Å². The summed E-state index contributed by atoms with van der Waals surface area (Å²) in [7, 11) is 0. The van der Waals surface area contributed by atoms with Crippen molar-refractivity contribution in [2.75, 3.05) is 0 Å². The van der Waals surface area contributed by atoms with E-state index >= 15 is 0 Å². The molecule has 0 radical (unpaired) electrons. The van der Waals surface area contributed by atoms with E-state index in [4.69, 9.17) is 10.4 Å². The van der Waals surface area contributed by atoms with Gasteiger partial charge in [0.2, 0.25) is 0 Å². The Hall–Kier alpha value is -2.68. The van der Waals surface area contributed by atoms with E-state index in [-0.39, 0.29) is 29.1 Å². The molecule has 0 spiro atoms. The molecule has 0 aliphatic heterocycles. The fourth-order valence-electron chi connectivity index (χ4n) is 1.63. The van der Waals surface area contributed by atoms with Crippen LogP contribution < -0.4 is 22.4 Å². The largest absolute Gasteiger partial charge is 0.359 e. The van der Waals surface area contributed by atoms with Crippen LogP contribution in [0.25, 0.3) is 0 Å². The standard InChI is InChI=1S/C11H13N5O4/c1-5-6(2)11(19)16(14-9(5)17)4-7-3-8(15-20-7)10(18)13-12/h3H,4,12H2,1-2H3,(H,13,18)(H,14,17). The number of carbonyl (C=O) groups excluding carboxylic acids is 1. The Labute approximate surface area is 112 Å². The number of nitrogen functional groups attached to an aromatic ring is 1. The van der Waals surface area contributed by atoms with Gasteiger partial charge in [-0.15, -0.1) is 0 Å². The van der Waals surface area contributed by atoms with E-state index in [9.17, 15) is 14.4 Å². The lowest BCUT2D eigenvalue weighted by Crippen LogP contribution is -2.33. The topological polar surface area (TPSA) is 136 Å². The quantitative estimate of drug-likeness (QED) is 0.366. The second-order valence-corrected chi connectivity index (χ2v) is 4.23. The average molecular weight is 279 g/mol. The molecule has 9 heteroatoms. The first-order chi connectivity index (χ1) is 9.43. The summed E-state index contributed by atoms with van der Waals surface area (Å²) in [5.41, 5.74) is 1.91. The van der Waals surface area contributed by atoms with Gasteiger partial charge in [-0.1, -0.05) is 5.16 Å². The molecule has 0 saturated carbocycles. The minimum atomic E-state index is -0.610. The van der Waals surface area contributed by atoms with Crippen LogP contribution in [0.1, 0.15) is 27.4 Å². The van der Waals surface area contributed by atoms with Crippen molar-refractivity contribution in [1.82, 2.24) is 20.4 Å². The molecule has 9 nitrogen and oxygen atoms in total. The van der Waals surface area contributed by atoms with Gasteiger partial charge in [0, 0.05) is 17.2 Å². The molecule has 0 atom stereocenters. The molecule has 2 rings (SSSR count). The van der Waals surface area contributed by atoms with Gasteiger partial charge in [-0.2, -0.15) is 0 Å². The zero-order valence-electron chi connectivity index (χ0n) is 10.9. The number of rotatable bonds is 3. The van der Waals surface area contributed by atoms with Crippen molar-refractivity contribution in [3.63, 3.8) is 0 Å². The molecule has 0 saturated heterocycles. The number of hydrogen-bond donors (Lipinski definition) is 3. The molecule has 0 fully saturated rings. The van der Waals surface area contributed by atoms with Crippen LogP contribution in [0.15, 0.2) is 20.2 Å². The second-order valence-electron chi connectivity index (χ2n) is 4.23. The van der Waals surface area contributed by atoms with Crippen molar-refractivity contribution in [3.05, 3.63) is 49.4 Å². The van der Waals surface area contributed by atoms with Crippen molar-refractivity contribution < 1.29 is 9.32 Å². The maximum absolute atomic E-state index is 12.0. The van der Waals surface area contributed by atoms with Gasteiger partial charge in [-0.3, -0.25) is 24.9 Å². The second kappa shape index (κ2) is 5.13. The number of hydrazine groups is 1. The molecule has 1 amide bonds. The minimum absolute atomic E-state index is 0.0123.